The van der Waals surface area contributed by atoms with Gasteiger partial charge in [0.2, 0.25) is 5.95 Å². The highest BCUT2D eigenvalue weighted by Crippen LogP contribution is 2.33. The second kappa shape index (κ2) is 5.46. The van der Waals surface area contributed by atoms with Gasteiger partial charge in [-0.05, 0) is 36.8 Å². The SMILES string of the molecule is CCC1CCC(NC(=O)c2ccc(F)nc2)C1C. The molecule has 0 spiro atoms. The molecule has 1 aromatic heterocycles. The number of carbonyl (C=O) groups is 1. The van der Waals surface area contributed by atoms with Crippen molar-refractivity contribution in [3.8, 4) is 0 Å². The van der Waals surface area contributed by atoms with Gasteiger partial charge in [-0.15, -0.1) is 0 Å². The van der Waals surface area contributed by atoms with E-state index in [-0.39, 0.29) is 11.9 Å². The molecule has 1 aliphatic rings. The molecular formula is C14H19FN2O. The summed E-state index contributed by atoms with van der Waals surface area (Å²) >= 11 is 0. The van der Waals surface area contributed by atoms with Crippen LogP contribution in [-0.2, 0) is 0 Å². The van der Waals surface area contributed by atoms with Gasteiger partial charge in [-0.2, -0.15) is 4.39 Å². The largest absolute Gasteiger partial charge is 0.349 e. The molecule has 3 unspecified atom stereocenters. The average Bonchev–Trinajstić information content (AvgIpc) is 2.71. The Morgan fingerprint density at radius 3 is 2.83 bits per heavy atom. The second-order valence-electron chi connectivity index (χ2n) is 5.05. The predicted octanol–water partition coefficient (Wildman–Crippen LogP) is 2.78. The first-order valence-corrected chi connectivity index (χ1v) is 6.54. The third-order valence-electron chi connectivity index (χ3n) is 4.06. The molecule has 98 valence electrons. The highest BCUT2D eigenvalue weighted by molar-refractivity contribution is 5.94. The zero-order valence-corrected chi connectivity index (χ0v) is 10.8. The minimum atomic E-state index is -0.563. The van der Waals surface area contributed by atoms with Crippen LogP contribution in [0.3, 0.4) is 0 Å². The molecule has 1 amide bonds. The highest BCUT2D eigenvalue weighted by atomic mass is 19.1. The summed E-state index contributed by atoms with van der Waals surface area (Å²) in [5.41, 5.74) is 0.420. The quantitative estimate of drug-likeness (QED) is 0.838. The van der Waals surface area contributed by atoms with E-state index in [1.807, 2.05) is 0 Å². The van der Waals surface area contributed by atoms with Crippen LogP contribution in [0.5, 0.6) is 0 Å². The summed E-state index contributed by atoms with van der Waals surface area (Å²) in [4.78, 5) is 15.5. The molecule has 3 atom stereocenters. The molecule has 0 aliphatic heterocycles. The Balaban J connectivity index is 1.98. The van der Waals surface area contributed by atoms with Gasteiger partial charge in [0.1, 0.15) is 0 Å². The maximum atomic E-state index is 12.7. The van der Waals surface area contributed by atoms with Gasteiger partial charge in [-0.1, -0.05) is 20.3 Å². The van der Waals surface area contributed by atoms with E-state index in [4.69, 9.17) is 0 Å². The number of nitrogens with one attached hydrogen (secondary N) is 1. The molecule has 0 aromatic carbocycles. The fourth-order valence-corrected chi connectivity index (χ4v) is 2.79. The lowest BCUT2D eigenvalue weighted by atomic mass is 9.93. The van der Waals surface area contributed by atoms with Crippen molar-refractivity contribution < 1.29 is 9.18 Å². The Hall–Kier alpha value is -1.45. The van der Waals surface area contributed by atoms with E-state index in [2.05, 4.69) is 24.1 Å². The number of pyridine rings is 1. The zero-order chi connectivity index (χ0) is 13.1. The van der Waals surface area contributed by atoms with Crippen molar-refractivity contribution in [2.24, 2.45) is 11.8 Å². The Morgan fingerprint density at radius 2 is 2.28 bits per heavy atom. The van der Waals surface area contributed by atoms with Gasteiger partial charge >= 0.3 is 0 Å². The Labute approximate surface area is 107 Å². The molecule has 0 radical (unpaired) electrons. The summed E-state index contributed by atoms with van der Waals surface area (Å²) in [6, 6.07) is 2.91. The Bertz CT molecular complexity index is 418. The van der Waals surface area contributed by atoms with E-state index in [9.17, 15) is 9.18 Å². The van der Waals surface area contributed by atoms with Crippen LogP contribution < -0.4 is 5.32 Å². The number of aromatic nitrogens is 1. The molecule has 18 heavy (non-hydrogen) atoms. The average molecular weight is 250 g/mol. The van der Waals surface area contributed by atoms with Crippen molar-refractivity contribution in [1.29, 1.82) is 0 Å². The standard InChI is InChI=1S/C14H19FN2O/c1-3-10-4-6-12(9(10)2)17-14(18)11-5-7-13(15)16-8-11/h5,7-10,12H,3-4,6H2,1-2H3,(H,17,18). The van der Waals surface area contributed by atoms with Gasteiger partial charge < -0.3 is 5.32 Å². The van der Waals surface area contributed by atoms with Gasteiger partial charge in [0.05, 0.1) is 5.56 Å². The minimum Gasteiger partial charge on any atom is -0.349 e. The van der Waals surface area contributed by atoms with Crippen molar-refractivity contribution in [3.63, 3.8) is 0 Å². The molecule has 1 saturated carbocycles. The summed E-state index contributed by atoms with van der Waals surface area (Å²) < 4.78 is 12.7. The molecule has 3 nitrogen and oxygen atoms in total. The molecule has 0 saturated heterocycles. The van der Waals surface area contributed by atoms with Crippen LogP contribution >= 0.6 is 0 Å². The molecule has 1 aliphatic carbocycles. The molecular weight excluding hydrogens is 231 g/mol. The molecule has 4 heteroatoms. The summed E-state index contributed by atoms with van der Waals surface area (Å²) in [6.07, 6.45) is 4.64. The topological polar surface area (TPSA) is 42.0 Å². The van der Waals surface area contributed by atoms with Crippen LogP contribution in [0.4, 0.5) is 4.39 Å². The van der Waals surface area contributed by atoms with Crippen LogP contribution in [0.25, 0.3) is 0 Å². The van der Waals surface area contributed by atoms with Gasteiger partial charge in [-0.25, -0.2) is 4.98 Å². The third-order valence-corrected chi connectivity index (χ3v) is 4.06. The van der Waals surface area contributed by atoms with E-state index in [0.29, 0.717) is 17.4 Å². The van der Waals surface area contributed by atoms with Gasteiger partial charge in [-0.3, -0.25) is 4.79 Å². The molecule has 1 N–H and O–H groups in total. The van der Waals surface area contributed by atoms with E-state index < -0.39 is 5.95 Å². The van der Waals surface area contributed by atoms with E-state index >= 15 is 0 Å². The molecule has 1 heterocycles. The number of halogens is 1. The lowest BCUT2D eigenvalue weighted by Gasteiger charge is -2.20. The normalized spacial score (nSPS) is 27.2. The smallest absolute Gasteiger partial charge is 0.253 e. The first-order valence-electron chi connectivity index (χ1n) is 6.54. The molecule has 1 aromatic rings. The number of hydrogen-bond acceptors (Lipinski definition) is 2. The summed E-state index contributed by atoms with van der Waals surface area (Å²) in [5.74, 6) is 0.483. The minimum absolute atomic E-state index is 0.156. The van der Waals surface area contributed by atoms with Gasteiger partial charge in [0.15, 0.2) is 0 Å². The summed E-state index contributed by atoms with van der Waals surface area (Å²) in [7, 11) is 0. The third kappa shape index (κ3) is 2.68. The molecule has 2 rings (SSSR count). The first-order chi connectivity index (χ1) is 8.61. The van der Waals surface area contributed by atoms with E-state index in [1.165, 1.54) is 24.8 Å². The van der Waals surface area contributed by atoms with Crippen molar-refractivity contribution in [1.82, 2.24) is 10.3 Å². The monoisotopic (exact) mass is 250 g/mol. The van der Waals surface area contributed by atoms with Crippen molar-refractivity contribution in [2.75, 3.05) is 0 Å². The Kier molecular flexibility index (Phi) is 3.94. The van der Waals surface area contributed by atoms with Crippen LogP contribution in [0, 0.1) is 17.8 Å². The highest BCUT2D eigenvalue weighted by Gasteiger charge is 2.32. The number of rotatable bonds is 3. The van der Waals surface area contributed by atoms with Crippen LogP contribution in [0.15, 0.2) is 18.3 Å². The zero-order valence-electron chi connectivity index (χ0n) is 10.8. The second-order valence-corrected chi connectivity index (χ2v) is 5.05. The van der Waals surface area contributed by atoms with Crippen molar-refractivity contribution in [3.05, 3.63) is 29.8 Å². The fourth-order valence-electron chi connectivity index (χ4n) is 2.79. The van der Waals surface area contributed by atoms with Crippen molar-refractivity contribution in [2.45, 2.75) is 39.2 Å². The number of carbonyl (C=O) groups excluding carboxylic acids is 1. The lowest BCUT2D eigenvalue weighted by molar-refractivity contribution is 0.0926. The lowest BCUT2D eigenvalue weighted by Crippen LogP contribution is -2.37. The fraction of sp³-hybridized carbons (Fsp3) is 0.571. The van der Waals surface area contributed by atoms with E-state index in [0.717, 1.165) is 12.8 Å². The maximum absolute atomic E-state index is 12.7. The van der Waals surface area contributed by atoms with Crippen LogP contribution in [0.1, 0.15) is 43.5 Å². The van der Waals surface area contributed by atoms with Gasteiger partial charge in [0.25, 0.3) is 5.91 Å². The number of nitrogens with zero attached hydrogens (tertiary/aromatic N) is 1. The number of amides is 1. The van der Waals surface area contributed by atoms with Gasteiger partial charge in [0, 0.05) is 12.2 Å². The molecule has 1 fully saturated rings. The van der Waals surface area contributed by atoms with Crippen molar-refractivity contribution >= 4 is 5.91 Å². The van der Waals surface area contributed by atoms with Crippen LogP contribution in [0.2, 0.25) is 0 Å². The summed E-state index contributed by atoms with van der Waals surface area (Å²) in [5, 5.41) is 3.03. The number of hydrogen-bond donors (Lipinski definition) is 1. The Morgan fingerprint density at radius 1 is 1.50 bits per heavy atom. The summed E-state index contributed by atoms with van der Waals surface area (Å²) in [6.45, 7) is 4.38. The van der Waals surface area contributed by atoms with Crippen LogP contribution in [-0.4, -0.2) is 16.9 Å². The maximum Gasteiger partial charge on any atom is 0.253 e. The van der Waals surface area contributed by atoms with E-state index in [1.54, 1.807) is 0 Å². The molecule has 0 bridgehead atoms. The predicted molar refractivity (Wildman–Crippen MR) is 67.6 cm³/mol. The first kappa shape index (κ1) is 13.0.